The van der Waals surface area contributed by atoms with Crippen LogP contribution in [0.25, 0.3) is 0 Å². The molecule has 0 atom stereocenters. The summed E-state index contributed by atoms with van der Waals surface area (Å²) >= 11 is 17.1. The van der Waals surface area contributed by atoms with E-state index >= 15 is 0 Å². The van der Waals surface area contributed by atoms with Gasteiger partial charge in [-0.05, 0) is 60.1 Å². The molecule has 0 spiro atoms. The molecule has 0 aliphatic carbocycles. The smallest absolute Gasteiger partial charge is 0.354 e. The molecule has 132 valence electrons. The molecular formula is C17H15BrCl2N2O2S. The molecule has 1 aromatic carbocycles. The van der Waals surface area contributed by atoms with Crippen LogP contribution in [-0.2, 0) is 9.53 Å². The fourth-order valence-electron chi connectivity index (χ4n) is 1.95. The fraction of sp³-hybridized carbons (Fsp3) is 0.176. The Labute approximate surface area is 168 Å². The molecule has 0 aliphatic heterocycles. The number of allylic oxidation sites excluding steroid dienone is 1. The maximum Gasteiger partial charge on any atom is 0.354 e. The lowest BCUT2D eigenvalue weighted by Gasteiger charge is -2.10. The Morgan fingerprint density at radius 1 is 1.32 bits per heavy atom. The number of aliphatic imine (C=N–C) groups is 1. The Bertz CT molecular complexity index is 862. The van der Waals surface area contributed by atoms with Crippen LogP contribution in [0.1, 0.15) is 18.7 Å². The highest BCUT2D eigenvalue weighted by Crippen LogP contribution is 2.32. The first-order valence-corrected chi connectivity index (χ1v) is 9.63. The molecule has 2 aromatic rings. The molecule has 0 fully saturated rings. The molecule has 4 nitrogen and oxygen atoms in total. The van der Waals surface area contributed by atoms with Crippen LogP contribution in [0, 0.1) is 0 Å². The highest BCUT2D eigenvalue weighted by atomic mass is 79.9. The van der Waals surface area contributed by atoms with E-state index in [1.807, 2.05) is 12.1 Å². The Hall–Kier alpha value is -1.34. The van der Waals surface area contributed by atoms with Gasteiger partial charge in [-0.3, -0.25) is 0 Å². The largest absolute Gasteiger partial charge is 0.461 e. The zero-order valence-corrected chi connectivity index (χ0v) is 17.4. The molecule has 1 aromatic heterocycles. The van der Waals surface area contributed by atoms with E-state index in [2.05, 4.69) is 20.9 Å². The van der Waals surface area contributed by atoms with Crippen molar-refractivity contribution in [1.82, 2.24) is 0 Å². The summed E-state index contributed by atoms with van der Waals surface area (Å²) < 4.78 is 5.91. The molecule has 0 aliphatic rings. The molecule has 8 heteroatoms. The van der Waals surface area contributed by atoms with Gasteiger partial charge in [-0.25, -0.2) is 9.79 Å². The van der Waals surface area contributed by atoms with Gasteiger partial charge in [0, 0.05) is 10.6 Å². The lowest BCUT2D eigenvalue weighted by atomic mass is 10.1. The summed E-state index contributed by atoms with van der Waals surface area (Å²) in [5, 5.41) is 0.922. The number of halogens is 3. The van der Waals surface area contributed by atoms with Gasteiger partial charge < -0.3 is 10.5 Å². The van der Waals surface area contributed by atoms with Gasteiger partial charge >= 0.3 is 5.97 Å². The molecule has 0 unspecified atom stereocenters. The highest BCUT2D eigenvalue weighted by molar-refractivity contribution is 9.11. The van der Waals surface area contributed by atoms with Crippen LogP contribution in [0.5, 0.6) is 0 Å². The van der Waals surface area contributed by atoms with Crippen LogP contribution in [0.2, 0.25) is 10.0 Å². The van der Waals surface area contributed by atoms with Crippen LogP contribution in [0.3, 0.4) is 0 Å². The molecule has 0 saturated carbocycles. The number of hydrogen-bond acceptors (Lipinski definition) is 5. The van der Waals surface area contributed by atoms with Gasteiger partial charge in [0.15, 0.2) is 0 Å². The average Bonchev–Trinajstić information content (AvgIpc) is 2.99. The van der Waals surface area contributed by atoms with Gasteiger partial charge in [0.1, 0.15) is 5.70 Å². The average molecular weight is 462 g/mol. The van der Waals surface area contributed by atoms with E-state index in [4.69, 9.17) is 33.7 Å². The third-order valence-electron chi connectivity index (χ3n) is 3.20. The lowest BCUT2D eigenvalue weighted by molar-refractivity contribution is -0.138. The van der Waals surface area contributed by atoms with Crippen LogP contribution >= 0.6 is 50.5 Å². The Kier molecular flexibility index (Phi) is 7.07. The second-order valence-electron chi connectivity index (χ2n) is 4.92. The molecule has 0 bridgehead atoms. The van der Waals surface area contributed by atoms with Gasteiger partial charge in [0.25, 0.3) is 0 Å². The maximum absolute atomic E-state index is 12.0. The van der Waals surface area contributed by atoms with Gasteiger partial charge in [-0.2, -0.15) is 0 Å². The third kappa shape index (κ3) is 5.07. The van der Waals surface area contributed by atoms with Crippen molar-refractivity contribution in [2.45, 2.75) is 13.8 Å². The SMILES string of the molecule is CCOC(=O)/C(N)=C(\C)C(=Nc1ccc(Cl)cc1Cl)c1ccc(Br)s1. The van der Waals surface area contributed by atoms with E-state index < -0.39 is 5.97 Å². The van der Waals surface area contributed by atoms with E-state index in [0.29, 0.717) is 27.0 Å². The van der Waals surface area contributed by atoms with Crippen molar-refractivity contribution >= 4 is 67.8 Å². The number of ether oxygens (including phenoxy) is 1. The number of rotatable bonds is 5. The number of carbonyl (C=O) groups is 1. The molecule has 1 heterocycles. The molecule has 0 saturated heterocycles. The van der Waals surface area contributed by atoms with Crippen molar-refractivity contribution in [3.05, 3.63) is 60.3 Å². The number of nitrogens with zero attached hydrogens (tertiary/aromatic N) is 1. The van der Waals surface area contributed by atoms with Crippen LogP contribution < -0.4 is 5.73 Å². The molecule has 25 heavy (non-hydrogen) atoms. The first-order chi connectivity index (χ1) is 11.8. The van der Waals surface area contributed by atoms with Gasteiger partial charge in [0.05, 0.1) is 31.7 Å². The van der Waals surface area contributed by atoms with Crippen molar-refractivity contribution in [2.24, 2.45) is 10.7 Å². The standard InChI is InChI=1S/C17H15BrCl2N2O2S/c1-3-24-17(23)15(21)9(2)16(13-6-7-14(18)25-13)22-12-5-4-10(19)8-11(12)20/h4-8H,3,21H2,1-2H3/b15-9-,22-16?. The number of esters is 1. The summed E-state index contributed by atoms with van der Waals surface area (Å²) in [6.45, 7) is 3.69. The zero-order chi connectivity index (χ0) is 18.6. The summed E-state index contributed by atoms with van der Waals surface area (Å²) in [5.74, 6) is -0.578. The van der Waals surface area contributed by atoms with Gasteiger partial charge in [-0.1, -0.05) is 23.2 Å². The number of benzene rings is 1. The van der Waals surface area contributed by atoms with E-state index in [9.17, 15) is 4.79 Å². The van der Waals surface area contributed by atoms with Crippen molar-refractivity contribution in [2.75, 3.05) is 6.61 Å². The van der Waals surface area contributed by atoms with Crippen LogP contribution in [-0.4, -0.2) is 18.3 Å². The first-order valence-electron chi connectivity index (χ1n) is 7.26. The lowest BCUT2D eigenvalue weighted by Crippen LogP contribution is -2.19. The summed E-state index contributed by atoms with van der Waals surface area (Å²) in [6, 6.07) is 8.80. The van der Waals surface area contributed by atoms with Crippen LogP contribution in [0.4, 0.5) is 5.69 Å². The predicted octanol–water partition coefficient (Wildman–Crippen LogP) is 5.73. The van der Waals surface area contributed by atoms with Crippen molar-refractivity contribution in [3.63, 3.8) is 0 Å². The predicted molar refractivity (Wildman–Crippen MR) is 108 cm³/mol. The molecule has 0 amide bonds. The summed E-state index contributed by atoms with van der Waals surface area (Å²) in [5.41, 5.74) is 7.57. The second-order valence-corrected chi connectivity index (χ2v) is 8.23. The highest BCUT2D eigenvalue weighted by Gasteiger charge is 2.18. The third-order valence-corrected chi connectivity index (χ3v) is 5.37. The molecule has 2 rings (SSSR count). The molecule has 0 radical (unpaired) electrons. The van der Waals surface area contributed by atoms with E-state index in [1.54, 1.807) is 32.0 Å². The molecular weight excluding hydrogens is 447 g/mol. The first kappa shape index (κ1) is 20.0. The van der Waals surface area contributed by atoms with E-state index in [1.165, 1.54) is 11.3 Å². The quantitative estimate of drug-likeness (QED) is 0.351. The minimum Gasteiger partial charge on any atom is -0.461 e. The molecule has 2 N–H and O–H groups in total. The summed E-state index contributed by atoms with van der Waals surface area (Å²) in [4.78, 5) is 17.4. The zero-order valence-electron chi connectivity index (χ0n) is 13.5. The fourth-order valence-corrected chi connectivity index (χ4v) is 3.83. The van der Waals surface area contributed by atoms with Crippen molar-refractivity contribution in [3.8, 4) is 0 Å². The Balaban J connectivity index is 2.60. The minimum atomic E-state index is -0.578. The normalized spacial score (nSPS) is 12.8. The number of nitrogens with two attached hydrogens (primary N) is 1. The second kappa shape index (κ2) is 8.85. The minimum absolute atomic E-state index is 0.00945. The Morgan fingerprint density at radius 2 is 2.04 bits per heavy atom. The van der Waals surface area contributed by atoms with Crippen LogP contribution in [0.15, 0.2) is 50.4 Å². The van der Waals surface area contributed by atoms with E-state index in [0.717, 1.165) is 8.66 Å². The number of hydrogen-bond donors (Lipinski definition) is 1. The maximum atomic E-state index is 12.0. The van der Waals surface area contributed by atoms with Gasteiger partial charge in [-0.15, -0.1) is 11.3 Å². The van der Waals surface area contributed by atoms with E-state index in [-0.39, 0.29) is 12.3 Å². The summed E-state index contributed by atoms with van der Waals surface area (Å²) in [6.07, 6.45) is 0. The van der Waals surface area contributed by atoms with Gasteiger partial charge in [0.2, 0.25) is 0 Å². The Morgan fingerprint density at radius 3 is 2.60 bits per heavy atom. The summed E-state index contributed by atoms with van der Waals surface area (Å²) in [7, 11) is 0. The van der Waals surface area contributed by atoms with Crippen molar-refractivity contribution in [1.29, 1.82) is 0 Å². The van der Waals surface area contributed by atoms with Crippen molar-refractivity contribution < 1.29 is 9.53 Å². The number of thiophene rings is 1. The number of carbonyl (C=O) groups excluding carboxylic acids is 1. The topological polar surface area (TPSA) is 64.7 Å². The monoisotopic (exact) mass is 460 g/mol.